The Morgan fingerprint density at radius 1 is 1.41 bits per heavy atom. The first kappa shape index (κ1) is 12.4. The Kier molecular flexibility index (Phi) is 4.37. The Hall–Kier alpha value is -1.09. The number of pyridine rings is 1. The molecular formula is C14H22N2O. The third-order valence-electron chi connectivity index (χ3n) is 3.65. The number of aromatic nitrogens is 1. The van der Waals surface area contributed by atoms with Crippen LogP contribution in [0, 0.1) is 0 Å². The molecule has 2 heterocycles. The summed E-state index contributed by atoms with van der Waals surface area (Å²) >= 11 is 0. The minimum Gasteiger partial charge on any atom is -0.481 e. The van der Waals surface area contributed by atoms with Crippen molar-refractivity contribution in [1.82, 2.24) is 9.88 Å². The van der Waals surface area contributed by atoms with E-state index in [1.54, 1.807) is 7.11 Å². The first-order valence-electron chi connectivity index (χ1n) is 6.50. The molecule has 3 heteroatoms. The van der Waals surface area contributed by atoms with Crippen LogP contribution in [-0.4, -0.2) is 36.6 Å². The first-order valence-corrected chi connectivity index (χ1v) is 6.50. The molecule has 1 aliphatic rings. The number of ether oxygens (including phenoxy) is 1. The van der Waals surface area contributed by atoms with E-state index in [0.29, 0.717) is 0 Å². The summed E-state index contributed by atoms with van der Waals surface area (Å²) in [6.07, 6.45) is 6.31. The Balaban J connectivity index is 1.88. The van der Waals surface area contributed by atoms with Gasteiger partial charge in [-0.15, -0.1) is 0 Å². The molecule has 1 atom stereocenters. The maximum atomic E-state index is 5.15. The van der Waals surface area contributed by atoms with Crippen LogP contribution in [0.1, 0.15) is 31.4 Å². The van der Waals surface area contributed by atoms with E-state index < -0.39 is 0 Å². The molecule has 1 aromatic heterocycles. The largest absolute Gasteiger partial charge is 0.481 e. The molecule has 1 fully saturated rings. The topological polar surface area (TPSA) is 25.4 Å². The molecule has 17 heavy (non-hydrogen) atoms. The lowest BCUT2D eigenvalue weighted by molar-refractivity contribution is 0.176. The van der Waals surface area contributed by atoms with Gasteiger partial charge in [0.15, 0.2) is 0 Å². The summed E-state index contributed by atoms with van der Waals surface area (Å²) in [5, 5.41) is 0. The zero-order valence-electron chi connectivity index (χ0n) is 10.9. The molecule has 0 spiro atoms. The highest BCUT2D eigenvalue weighted by atomic mass is 16.5. The maximum absolute atomic E-state index is 5.15. The standard InChI is InChI=1S/C14H22N2O/c1-16-11-4-3-7-13(16)10-9-12-6-5-8-14(15-12)17-2/h5-6,8,13H,3-4,7,9-11H2,1-2H3. The molecule has 2 rings (SSSR count). The second-order valence-electron chi connectivity index (χ2n) is 4.84. The molecule has 94 valence electrons. The molecule has 0 amide bonds. The number of aryl methyl sites for hydroxylation is 1. The number of likely N-dealkylation sites (tertiary alicyclic amines) is 1. The van der Waals surface area contributed by atoms with Gasteiger partial charge in [0.1, 0.15) is 0 Å². The van der Waals surface area contributed by atoms with Crippen LogP contribution >= 0.6 is 0 Å². The summed E-state index contributed by atoms with van der Waals surface area (Å²) in [5.74, 6) is 0.722. The maximum Gasteiger partial charge on any atom is 0.213 e. The van der Waals surface area contributed by atoms with Crippen LogP contribution in [0.25, 0.3) is 0 Å². The van der Waals surface area contributed by atoms with Crippen molar-refractivity contribution in [3.05, 3.63) is 23.9 Å². The fraction of sp³-hybridized carbons (Fsp3) is 0.643. The van der Waals surface area contributed by atoms with Crippen molar-refractivity contribution in [2.45, 2.75) is 38.1 Å². The predicted molar refractivity (Wildman–Crippen MR) is 69.4 cm³/mol. The quantitative estimate of drug-likeness (QED) is 0.800. The van der Waals surface area contributed by atoms with Crippen LogP contribution in [0.4, 0.5) is 0 Å². The van der Waals surface area contributed by atoms with E-state index in [0.717, 1.165) is 24.0 Å². The third kappa shape index (κ3) is 3.43. The molecule has 0 aliphatic carbocycles. The van der Waals surface area contributed by atoms with Gasteiger partial charge in [-0.2, -0.15) is 0 Å². The van der Waals surface area contributed by atoms with Gasteiger partial charge in [-0.3, -0.25) is 0 Å². The van der Waals surface area contributed by atoms with Crippen molar-refractivity contribution >= 4 is 0 Å². The smallest absolute Gasteiger partial charge is 0.213 e. The summed E-state index contributed by atoms with van der Waals surface area (Å²) in [4.78, 5) is 6.95. The Morgan fingerprint density at radius 2 is 2.29 bits per heavy atom. The molecule has 3 nitrogen and oxygen atoms in total. The van der Waals surface area contributed by atoms with Gasteiger partial charge in [0.2, 0.25) is 5.88 Å². The molecule has 1 aromatic rings. The van der Waals surface area contributed by atoms with Crippen molar-refractivity contribution in [1.29, 1.82) is 0 Å². The second kappa shape index (κ2) is 6.01. The van der Waals surface area contributed by atoms with Gasteiger partial charge in [-0.05, 0) is 45.3 Å². The van der Waals surface area contributed by atoms with Gasteiger partial charge >= 0.3 is 0 Å². The van der Waals surface area contributed by atoms with Crippen molar-refractivity contribution in [2.75, 3.05) is 20.7 Å². The Labute approximate surface area is 104 Å². The van der Waals surface area contributed by atoms with Gasteiger partial charge in [0.05, 0.1) is 7.11 Å². The number of hydrogen-bond acceptors (Lipinski definition) is 3. The molecule has 0 N–H and O–H groups in total. The van der Waals surface area contributed by atoms with Crippen LogP contribution in [0.5, 0.6) is 5.88 Å². The van der Waals surface area contributed by atoms with Crippen molar-refractivity contribution in [2.24, 2.45) is 0 Å². The van der Waals surface area contributed by atoms with Crippen molar-refractivity contribution < 1.29 is 4.74 Å². The van der Waals surface area contributed by atoms with Gasteiger partial charge in [0.25, 0.3) is 0 Å². The van der Waals surface area contributed by atoms with Crippen LogP contribution in [-0.2, 0) is 6.42 Å². The van der Waals surface area contributed by atoms with E-state index in [-0.39, 0.29) is 0 Å². The molecule has 0 bridgehead atoms. The number of methoxy groups -OCH3 is 1. The fourth-order valence-corrected chi connectivity index (χ4v) is 2.53. The highest BCUT2D eigenvalue weighted by molar-refractivity contribution is 5.15. The van der Waals surface area contributed by atoms with Crippen molar-refractivity contribution in [3.63, 3.8) is 0 Å². The zero-order chi connectivity index (χ0) is 12.1. The molecule has 0 radical (unpaired) electrons. The monoisotopic (exact) mass is 234 g/mol. The summed E-state index contributed by atoms with van der Waals surface area (Å²) in [7, 11) is 3.91. The normalized spacial score (nSPS) is 21.4. The minimum absolute atomic E-state index is 0.722. The highest BCUT2D eigenvalue weighted by Crippen LogP contribution is 2.19. The predicted octanol–water partition coefficient (Wildman–Crippen LogP) is 2.51. The molecule has 1 unspecified atom stereocenters. The van der Waals surface area contributed by atoms with Gasteiger partial charge in [0, 0.05) is 17.8 Å². The number of hydrogen-bond donors (Lipinski definition) is 0. The van der Waals surface area contributed by atoms with E-state index in [9.17, 15) is 0 Å². The number of piperidine rings is 1. The average molecular weight is 234 g/mol. The number of nitrogens with zero attached hydrogens (tertiary/aromatic N) is 2. The molecular weight excluding hydrogens is 212 g/mol. The van der Waals surface area contributed by atoms with E-state index >= 15 is 0 Å². The van der Waals surface area contributed by atoms with Gasteiger partial charge < -0.3 is 9.64 Å². The summed E-state index contributed by atoms with van der Waals surface area (Å²) < 4.78 is 5.15. The third-order valence-corrected chi connectivity index (χ3v) is 3.65. The molecule has 0 saturated carbocycles. The fourth-order valence-electron chi connectivity index (χ4n) is 2.53. The first-order chi connectivity index (χ1) is 8.29. The second-order valence-corrected chi connectivity index (χ2v) is 4.84. The van der Waals surface area contributed by atoms with E-state index in [1.165, 1.54) is 32.2 Å². The molecule has 1 saturated heterocycles. The average Bonchev–Trinajstić information content (AvgIpc) is 2.38. The van der Waals surface area contributed by atoms with Crippen LogP contribution in [0.2, 0.25) is 0 Å². The van der Waals surface area contributed by atoms with Gasteiger partial charge in [-0.25, -0.2) is 4.98 Å². The zero-order valence-corrected chi connectivity index (χ0v) is 10.9. The van der Waals surface area contributed by atoms with Crippen LogP contribution in [0.15, 0.2) is 18.2 Å². The molecule has 0 aromatic carbocycles. The Morgan fingerprint density at radius 3 is 3.06 bits per heavy atom. The summed E-state index contributed by atoms with van der Waals surface area (Å²) in [5.41, 5.74) is 1.14. The summed E-state index contributed by atoms with van der Waals surface area (Å²) in [6, 6.07) is 6.74. The van der Waals surface area contributed by atoms with E-state index in [2.05, 4.69) is 23.0 Å². The minimum atomic E-state index is 0.722. The van der Waals surface area contributed by atoms with Crippen molar-refractivity contribution in [3.8, 4) is 5.88 Å². The van der Waals surface area contributed by atoms with Crippen LogP contribution < -0.4 is 4.74 Å². The lowest BCUT2D eigenvalue weighted by Gasteiger charge is -2.32. The lowest BCUT2D eigenvalue weighted by Crippen LogP contribution is -2.36. The Bertz CT molecular complexity index is 354. The van der Waals surface area contributed by atoms with Gasteiger partial charge in [-0.1, -0.05) is 12.5 Å². The van der Waals surface area contributed by atoms with E-state index in [4.69, 9.17) is 4.74 Å². The van der Waals surface area contributed by atoms with E-state index in [1.807, 2.05) is 12.1 Å². The molecule has 1 aliphatic heterocycles. The summed E-state index contributed by atoms with van der Waals surface area (Å²) in [6.45, 7) is 1.25. The SMILES string of the molecule is COc1cccc(CCC2CCCCN2C)n1. The highest BCUT2D eigenvalue weighted by Gasteiger charge is 2.18. The number of rotatable bonds is 4. The lowest BCUT2D eigenvalue weighted by atomic mass is 9.98. The van der Waals surface area contributed by atoms with Crippen LogP contribution in [0.3, 0.4) is 0 Å².